The number of aliphatic hydroxyl groups is 1. The minimum atomic E-state index is -0.621. The molecule has 1 aromatic carbocycles. The largest absolute Gasteiger partial charge is 0.383 e. The van der Waals surface area contributed by atoms with Crippen LogP contribution in [0.2, 0.25) is 0 Å². The molecule has 0 bridgehead atoms. The van der Waals surface area contributed by atoms with Crippen molar-refractivity contribution >= 4 is 34.3 Å². The van der Waals surface area contributed by atoms with Crippen molar-refractivity contribution in [3.63, 3.8) is 0 Å². The van der Waals surface area contributed by atoms with Crippen LogP contribution in [-0.4, -0.2) is 16.0 Å². The molecule has 24 heavy (non-hydrogen) atoms. The van der Waals surface area contributed by atoms with Crippen LogP contribution in [0.25, 0.3) is 0 Å². The fourth-order valence-electron chi connectivity index (χ4n) is 2.38. The van der Waals surface area contributed by atoms with Gasteiger partial charge in [0.05, 0.1) is 11.2 Å². The summed E-state index contributed by atoms with van der Waals surface area (Å²) in [6.07, 6.45) is 0.518. The molecule has 0 radical (unpaired) electrons. The number of benzene rings is 1. The Kier molecular flexibility index (Phi) is 5.40. The molecule has 124 valence electrons. The number of nitrogens with zero attached hydrogens (tertiary/aromatic N) is 1. The van der Waals surface area contributed by atoms with Crippen LogP contribution < -0.4 is 5.32 Å². The molecule has 2 N–H and O–H groups in total. The van der Waals surface area contributed by atoms with E-state index in [0.29, 0.717) is 12.8 Å². The molecular weight excluding hydrogens is 340 g/mol. The summed E-state index contributed by atoms with van der Waals surface area (Å²) in [5.41, 5.74) is 4.36. The highest BCUT2D eigenvalue weighted by Crippen LogP contribution is 2.26. The number of hydrogen-bond acceptors (Lipinski definition) is 5. The van der Waals surface area contributed by atoms with Gasteiger partial charge >= 0.3 is 0 Å². The quantitative estimate of drug-likeness (QED) is 0.695. The Morgan fingerprint density at radius 2 is 2.04 bits per heavy atom. The van der Waals surface area contributed by atoms with E-state index in [-0.39, 0.29) is 5.91 Å². The van der Waals surface area contributed by atoms with E-state index in [2.05, 4.69) is 10.3 Å². The number of nitrogens with one attached hydrogen (secondary N) is 1. The fourth-order valence-corrected chi connectivity index (χ4v) is 3.89. The zero-order chi connectivity index (χ0) is 16.9. The van der Waals surface area contributed by atoms with Crippen molar-refractivity contribution in [3.05, 3.63) is 68.3 Å². The van der Waals surface area contributed by atoms with Crippen LogP contribution in [0, 0.1) is 6.92 Å². The van der Waals surface area contributed by atoms with Crippen molar-refractivity contribution in [3.8, 4) is 0 Å². The Labute approximate surface area is 148 Å². The Morgan fingerprint density at radius 3 is 2.67 bits per heavy atom. The van der Waals surface area contributed by atoms with Crippen molar-refractivity contribution in [2.24, 2.45) is 0 Å². The van der Waals surface area contributed by atoms with Gasteiger partial charge in [-0.25, -0.2) is 4.98 Å². The van der Waals surface area contributed by atoms with E-state index in [1.54, 1.807) is 16.8 Å². The Bertz CT molecular complexity index is 795. The second-order valence-corrected chi connectivity index (χ2v) is 7.37. The first-order chi connectivity index (χ1) is 11.6. The van der Waals surface area contributed by atoms with E-state index in [4.69, 9.17) is 0 Å². The lowest BCUT2D eigenvalue weighted by Crippen LogP contribution is -2.12. The average molecular weight is 358 g/mol. The maximum Gasteiger partial charge on any atom is 0.224 e. The van der Waals surface area contributed by atoms with Gasteiger partial charge in [0, 0.05) is 21.9 Å². The number of carbonyl (C=O) groups is 1. The summed E-state index contributed by atoms with van der Waals surface area (Å²) in [6.45, 7) is 1.96. The smallest absolute Gasteiger partial charge is 0.224 e. The molecule has 0 aliphatic heterocycles. The number of thiazole rings is 1. The minimum Gasteiger partial charge on any atom is -0.383 e. The molecule has 0 fully saturated rings. The van der Waals surface area contributed by atoms with E-state index in [1.165, 1.54) is 11.3 Å². The molecule has 1 unspecified atom stereocenters. The standard InChI is InChI=1S/C18H18N2O2S2/c1-12-15(24-11-19-12)8-9-17(21)20-14-6-4-13(5-7-14)18(22)16-3-2-10-23-16/h2-7,10-11,18,22H,8-9H2,1H3,(H,20,21). The van der Waals surface area contributed by atoms with Gasteiger partial charge in [0.1, 0.15) is 6.10 Å². The van der Waals surface area contributed by atoms with E-state index in [9.17, 15) is 9.90 Å². The molecule has 1 atom stereocenters. The van der Waals surface area contributed by atoms with Crippen LogP contribution in [0.3, 0.4) is 0 Å². The highest BCUT2D eigenvalue weighted by atomic mass is 32.1. The number of rotatable bonds is 6. The molecule has 2 aromatic heterocycles. The Hall–Kier alpha value is -2.02. The van der Waals surface area contributed by atoms with E-state index >= 15 is 0 Å². The van der Waals surface area contributed by atoms with Crippen LogP contribution in [0.15, 0.2) is 47.3 Å². The Balaban J connectivity index is 1.56. The lowest BCUT2D eigenvalue weighted by Gasteiger charge is -2.10. The average Bonchev–Trinajstić information content (AvgIpc) is 3.25. The molecule has 3 rings (SSSR count). The molecule has 0 saturated heterocycles. The van der Waals surface area contributed by atoms with Crippen LogP contribution in [0.5, 0.6) is 0 Å². The summed E-state index contributed by atoms with van der Waals surface area (Å²) < 4.78 is 0. The van der Waals surface area contributed by atoms with Gasteiger partial charge in [0.15, 0.2) is 0 Å². The number of amides is 1. The topological polar surface area (TPSA) is 62.2 Å². The summed E-state index contributed by atoms with van der Waals surface area (Å²) in [5.74, 6) is -0.0191. The summed E-state index contributed by atoms with van der Waals surface area (Å²) in [6, 6.07) is 11.2. The Morgan fingerprint density at radius 1 is 1.25 bits per heavy atom. The van der Waals surface area contributed by atoms with Gasteiger partial charge in [-0.15, -0.1) is 22.7 Å². The van der Waals surface area contributed by atoms with Crippen molar-refractivity contribution < 1.29 is 9.90 Å². The summed E-state index contributed by atoms with van der Waals surface area (Å²) in [7, 11) is 0. The van der Waals surface area contributed by atoms with Gasteiger partial charge in [-0.3, -0.25) is 4.79 Å². The van der Waals surface area contributed by atoms with Crippen LogP contribution in [-0.2, 0) is 11.2 Å². The zero-order valence-corrected chi connectivity index (χ0v) is 14.9. The number of anilines is 1. The molecule has 0 aliphatic rings. The van der Waals surface area contributed by atoms with Gasteiger partial charge in [-0.2, -0.15) is 0 Å². The van der Waals surface area contributed by atoms with E-state index in [0.717, 1.165) is 26.7 Å². The van der Waals surface area contributed by atoms with E-state index in [1.807, 2.05) is 48.7 Å². The lowest BCUT2D eigenvalue weighted by molar-refractivity contribution is -0.116. The van der Waals surface area contributed by atoms with Gasteiger partial charge < -0.3 is 10.4 Å². The number of aliphatic hydroxyl groups excluding tert-OH is 1. The lowest BCUT2D eigenvalue weighted by atomic mass is 10.1. The monoisotopic (exact) mass is 358 g/mol. The third kappa shape index (κ3) is 4.08. The van der Waals surface area contributed by atoms with Gasteiger partial charge in [-0.05, 0) is 42.5 Å². The van der Waals surface area contributed by atoms with Gasteiger partial charge in [-0.1, -0.05) is 18.2 Å². The molecular formula is C18H18N2O2S2. The molecule has 3 aromatic rings. The molecule has 2 heterocycles. The molecule has 6 heteroatoms. The zero-order valence-electron chi connectivity index (χ0n) is 13.2. The number of hydrogen-bond donors (Lipinski definition) is 2. The van der Waals surface area contributed by atoms with Crippen molar-refractivity contribution in [2.75, 3.05) is 5.32 Å². The van der Waals surface area contributed by atoms with Crippen LogP contribution in [0.1, 0.15) is 33.5 Å². The predicted molar refractivity (Wildman–Crippen MR) is 98.6 cm³/mol. The van der Waals surface area contributed by atoms with Crippen molar-refractivity contribution in [1.29, 1.82) is 0 Å². The normalized spacial score (nSPS) is 12.1. The SMILES string of the molecule is Cc1ncsc1CCC(=O)Nc1ccc(C(O)c2cccs2)cc1. The van der Waals surface area contributed by atoms with Gasteiger partial charge in [0.25, 0.3) is 0 Å². The second kappa shape index (κ2) is 7.70. The summed E-state index contributed by atoms with van der Waals surface area (Å²) >= 11 is 3.11. The molecule has 0 saturated carbocycles. The van der Waals surface area contributed by atoms with E-state index < -0.39 is 6.10 Å². The second-order valence-electron chi connectivity index (χ2n) is 5.45. The molecule has 0 aliphatic carbocycles. The third-order valence-electron chi connectivity index (χ3n) is 3.75. The molecule has 1 amide bonds. The summed E-state index contributed by atoms with van der Waals surface area (Å²) in [5, 5.41) is 15.1. The molecule has 4 nitrogen and oxygen atoms in total. The fraction of sp³-hybridized carbons (Fsp3) is 0.222. The van der Waals surface area contributed by atoms with Gasteiger partial charge in [0.2, 0.25) is 5.91 Å². The van der Waals surface area contributed by atoms with Crippen molar-refractivity contribution in [2.45, 2.75) is 25.9 Å². The highest BCUT2D eigenvalue weighted by Gasteiger charge is 2.12. The number of aromatic nitrogens is 1. The maximum atomic E-state index is 12.0. The van der Waals surface area contributed by atoms with Crippen LogP contribution >= 0.6 is 22.7 Å². The number of thiophene rings is 1. The first-order valence-electron chi connectivity index (χ1n) is 7.63. The third-order valence-corrected chi connectivity index (χ3v) is 5.67. The predicted octanol–water partition coefficient (Wildman–Crippen LogP) is 4.17. The maximum absolute atomic E-state index is 12.0. The van der Waals surface area contributed by atoms with Crippen molar-refractivity contribution in [1.82, 2.24) is 4.98 Å². The first-order valence-corrected chi connectivity index (χ1v) is 9.39. The molecule has 0 spiro atoms. The number of aryl methyl sites for hydroxylation is 2. The summed E-state index contributed by atoms with van der Waals surface area (Å²) in [4.78, 5) is 18.3. The number of carbonyl (C=O) groups excluding carboxylic acids is 1. The van der Waals surface area contributed by atoms with Crippen LogP contribution in [0.4, 0.5) is 5.69 Å². The highest BCUT2D eigenvalue weighted by molar-refractivity contribution is 7.10. The first kappa shape index (κ1) is 16.8. The minimum absolute atomic E-state index is 0.0191.